The van der Waals surface area contributed by atoms with Crippen molar-refractivity contribution in [3.63, 3.8) is 0 Å². The Bertz CT molecular complexity index is 390. The normalized spacial score (nSPS) is 17.4. The Hall–Kier alpha value is -0.610. The first kappa shape index (κ1) is 14.8. The molecule has 0 saturated heterocycles. The van der Waals surface area contributed by atoms with Crippen molar-refractivity contribution in [1.29, 1.82) is 0 Å². The van der Waals surface area contributed by atoms with Crippen LogP contribution in [0, 0.1) is 11.6 Å². The van der Waals surface area contributed by atoms with E-state index in [2.05, 4.69) is 5.32 Å². The monoisotopic (exact) mass is 285 g/mol. The minimum Gasteiger partial charge on any atom is -0.313 e. The van der Waals surface area contributed by atoms with E-state index in [1.165, 1.54) is 50.7 Å². The molecular formula is C15H21F2NS. The summed E-state index contributed by atoms with van der Waals surface area (Å²) < 4.78 is 25.8. The van der Waals surface area contributed by atoms with E-state index in [0.717, 1.165) is 17.2 Å². The van der Waals surface area contributed by atoms with Crippen LogP contribution in [0.5, 0.6) is 0 Å². The number of nitrogens with one attached hydrogen (secondary N) is 1. The van der Waals surface area contributed by atoms with E-state index in [1.807, 2.05) is 0 Å². The molecule has 0 atom stereocenters. The van der Waals surface area contributed by atoms with Gasteiger partial charge in [-0.3, -0.25) is 0 Å². The van der Waals surface area contributed by atoms with E-state index in [4.69, 9.17) is 0 Å². The summed E-state index contributed by atoms with van der Waals surface area (Å²) in [7, 11) is 0. The Balaban J connectivity index is 1.67. The summed E-state index contributed by atoms with van der Waals surface area (Å²) in [5.41, 5.74) is 0. The van der Waals surface area contributed by atoms with Crippen LogP contribution < -0.4 is 5.32 Å². The molecule has 1 N–H and O–H groups in total. The average molecular weight is 285 g/mol. The second-order valence-corrected chi connectivity index (χ2v) is 6.24. The second-order valence-electron chi connectivity index (χ2n) is 5.07. The lowest BCUT2D eigenvalue weighted by Gasteiger charge is -2.15. The van der Waals surface area contributed by atoms with Gasteiger partial charge < -0.3 is 5.32 Å². The highest BCUT2D eigenvalue weighted by molar-refractivity contribution is 7.99. The SMILES string of the molecule is Fc1ccc(SCCNC2CCCCCC2)cc1F. The van der Waals surface area contributed by atoms with E-state index in [0.29, 0.717) is 6.04 Å². The number of thioether (sulfide) groups is 1. The molecule has 0 bridgehead atoms. The van der Waals surface area contributed by atoms with Gasteiger partial charge in [-0.25, -0.2) is 8.78 Å². The maximum Gasteiger partial charge on any atom is 0.159 e. The summed E-state index contributed by atoms with van der Waals surface area (Å²) in [6.07, 6.45) is 7.93. The summed E-state index contributed by atoms with van der Waals surface area (Å²) >= 11 is 1.57. The van der Waals surface area contributed by atoms with Crippen molar-refractivity contribution in [2.75, 3.05) is 12.3 Å². The number of halogens is 2. The summed E-state index contributed by atoms with van der Waals surface area (Å²) in [6, 6.07) is 4.74. The molecule has 4 heteroatoms. The van der Waals surface area contributed by atoms with Crippen molar-refractivity contribution in [2.24, 2.45) is 0 Å². The Kier molecular flexibility index (Phi) is 6.11. The molecule has 1 aliphatic carbocycles. The average Bonchev–Trinajstić information content (AvgIpc) is 2.67. The molecular weight excluding hydrogens is 264 g/mol. The van der Waals surface area contributed by atoms with Crippen LogP contribution in [0.2, 0.25) is 0 Å². The van der Waals surface area contributed by atoms with E-state index < -0.39 is 11.6 Å². The predicted octanol–water partition coefficient (Wildman–Crippen LogP) is 4.37. The van der Waals surface area contributed by atoms with Crippen molar-refractivity contribution in [1.82, 2.24) is 5.32 Å². The molecule has 0 unspecified atom stereocenters. The lowest BCUT2D eigenvalue weighted by atomic mass is 10.1. The maximum absolute atomic E-state index is 13.0. The third-order valence-corrected chi connectivity index (χ3v) is 4.55. The van der Waals surface area contributed by atoms with Crippen molar-refractivity contribution in [2.45, 2.75) is 49.5 Å². The minimum absolute atomic E-state index is 0.646. The number of hydrogen-bond donors (Lipinski definition) is 1. The molecule has 0 radical (unpaired) electrons. The van der Waals surface area contributed by atoms with E-state index in [-0.39, 0.29) is 0 Å². The van der Waals surface area contributed by atoms with Gasteiger partial charge in [-0.15, -0.1) is 11.8 Å². The summed E-state index contributed by atoms with van der Waals surface area (Å²) in [6.45, 7) is 0.925. The molecule has 106 valence electrons. The van der Waals surface area contributed by atoms with Crippen LogP contribution in [0.3, 0.4) is 0 Å². The third kappa shape index (κ3) is 5.11. The first-order valence-corrected chi connectivity index (χ1v) is 8.05. The standard InChI is InChI=1S/C15H21F2NS/c16-14-8-7-13(11-15(14)17)19-10-9-18-12-5-3-1-2-4-6-12/h7-8,11-12,18H,1-6,9-10H2. The third-order valence-electron chi connectivity index (χ3n) is 3.55. The summed E-state index contributed by atoms with van der Waals surface area (Å²) in [5, 5.41) is 3.57. The smallest absolute Gasteiger partial charge is 0.159 e. The lowest BCUT2D eigenvalue weighted by Crippen LogP contribution is -2.30. The lowest BCUT2D eigenvalue weighted by molar-refractivity contribution is 0.474. The van der Waals surface area contributed by atoms with Gasteiger partial charge in [0.05, 0.1) is 0 Å². The molecule has 1 aromatic carbocycles. The Labute approximate surface area is 118 Å². The zero-order valence-corrected chi connectivity index (χ0v) is 11.9. The van der Waals surface area contributed by atoms with E-state index in [9.17, 15) is 8.78 Å². The number of benzene rings is 1. The highest BCUT2D eigenvalue weighted by Crippen LogP contribution is 2.20. The van der Waals surface area contributed by atoms with Crippen LogP contribution in [0.25, 0.3) is 0 Å². The molecule has 1 saturated carbocycles. The van der Waals surface area contributed by atoms with Crippen molar-refractivity contribution >= 4 is 11.8 Å². The molecule has 0 aromatic heterocycles. The Morgan fingerprint density at radius 3 is 2.47 bits per heavy atom. The molecule has 2 rings (SSSR count). The molecule has 1 nitrogen and oxygen atoms in total. The van der Waals surface area contributed by atoms with Crippen LogP contribution in [0.4, 0.5) is 8.78 Å². The first-order valence-electron chi connectivity index (χ1n) is 7.07. The van der Waals surface area contributed by atoms with Gasteiger partial charge in [-0.05, 0) is 31.0 Å². The van der Waals surface area contributed by atoms with Gasteiger partial charge in [-0.2, -0.15) is 0 Å². The zero-order chi connectivity index (χ0) is 13.5. The van der Waals surface area contributed by atoms with Crippen LogP contribution >= 0.6 is 11.8 Å². The van der Waals surface area contributed by atoms with Gasteiger partial charge in [0.25, 0.3) is 0 Å². The quantitative estimate of drug-likeness (QED) is 0.490. The van der Waals surface area contributed by atoms with Gasteiger partial charge in [-0.1, -0.05) is 25.7 Å². The van der Waals surface area contributed by atoms with Crippen LogP contribution in [0.15, 0.2) is 23.1 Å². The van der Waals surface area contributed by atoms with Crippen molar-refractivity contribution < 1.29 is 8.78 Å². The van der Waals surface area contributed by atoms with Gasteiger partial charge in [0.1, 0.15) is 0 Å². The molecule has 0 aliphatic heterocycles. The van der Waals surface area contributed by atoms with Crippen molar-refractivity contribution in [3.8, 4) is 0 Å². The first-order chi connectivity index (χ1) is 9.25. The highest BCUT2D eigenvalue weighted by atomic mass is 32.2. The number of hydrogen-bond acceptors (Lipinski definition) is 2. The summed E-state index contributed by atoms with van der Waals surface area (Å²) in [5.74, 6) is -0.649. The minimum atomic E-state index is -0.777. The topological polar surface area (TPSA) is 12.0 Å². The highest BCUT2D eigenvalue weighted by Gasteiger charge is 2.11. The van der Waals surface area contributed by atoms with Crippen molar-refractivity contribution in [3.05, 3.63) is 29.8 Å². The molecule has 1 aliphatic rings. The van der Waals surface area contributed by atoms with Gasteiger partial charge >= 0.3 is 0 Å². The van der Waals surface area contributed by atoms with Crippen LogP contribution in [-0.2, 0) is 0 Å². The fourth-order valence-corrected chi connectivity index (χ4v) is 3.29. The molecule has 1 fully saturated rings. The Morgan fingerprint density at radius 1 is 1.05 bits per heavy atom. The van der Waals surface area contributed by atoms with E-state index >= 15 is 0 Å². The van der Waals surface area contributed by atoms with Gasteiger partial charge in [0, 0.05) is 23.2 Å². The molecule has 1 aromatic rings. The van der Waals surface area contributed by atoms with Crippen LogP contribution in [-0.4, -0.2) is 18.3 Å². The Morgan fingerprint density at radius 2 is 1.79 bits per heavy atom. The molecule has 0 amide bonds. The van der Waals surface area contributed by atoms with Gasteiger partial charge in [0.2, 0.25) is 0 Å². The second kappa shape index (κ2) is 7.85. The maximum atomic E-state index is 13.0. The van der Waals surface area contributed by atoms with Gasteiger partial charge in [0.15, 0.2) is 11.6 Å². The largest absolute Gasteiger partial charge is 0.313 e. The van der Waals surface area contributed by atoms with E-state index in [1.54, 1.807) is 17.8 Å². The number of rotatable bonds is 5. The molecule has 0 heterocycles. The predicted molar refractivity (Wildman–Crippen MR) is 76.6 cm³/mol. The summed E-state index contributed by atoms with van der Waals surface area (Å²) in [4.78, 5) is 0.793. The fourth-order valence-electron chi connectivity index (χ4n) is 2.48. The fraction of sp³-hybridized carbons (Fsp3) is 0.600. The molecule has 19 heavy (non-hydrogen) atoms. The molecule has 0 spiro atoms. The zero-order valence-electron chi connectivity index (χ0n) is 11.1. The van der Waals surface area contributed by atoms with Crippen LogP contribution in [0.1, 0.15) is 38.5 Å².